The number of hydrogen-bond donors (Lipinski definition) is 2. The molecule has 0 saturated carbocycles. The zero-order chi connectivity index (χ0) is 63.5. The van der Waals surface area contributed by atoms with Gasteiger partial charge in [0.2, 0.25) is 0 Å². The first-order valence-corrected chi connectivity index (χ1v) is 33.5. The van der Waals surface area contributed by atoms with Crippen molar-refractivity contribution in [3.05, 3.63) is 307 Å². The minimum Gasteiger partial charge on any atom is -0.423 e. The molecule has 0 aliphatic heterocycles. The molecule has 0 amide bonds. The number of hydrogen-bond acceptors (Lipinski definition) is 8. The van der Waals surface area contributed by atoms with Crippen LogP contribution in [0.5, 0.6) is 0 Å². The molecule has 2 atom stereocenters. The molecule has 14 aromatic rings. The third-order valence-corrected chi connectivity index (χ3v) is 17.8. The second kappa shape index (κ2) is 27.9. The molecule has 16 rings (SSSR count). The van der Waals surface area contributed by atoms with Crippen LogP contribution in [0.2, 0.25) is 5.15 Å². The Kier molecular flexibility index (Phi) is 19.4. The van der Waals surface area contributed by atoms with Gasteiger partial charge in [-0.15, -0.1) is 17.9 Å². The van der Waals surface area contributed by atoms with Crippen molar-refractivity contribution in [2.75, 3.05) is 0 Å². The summed E-state index contributed by atoms with van der Waals surface area (Å²) in [6, 6.07) is 87.4. The molecule has 8 nitrogen and oxygen atoms in total. The van der Waals surface area contributed by atoms with E-state index in [2.05, 4.69) is 217 Å². The van der Waals surface area contributed by atoms with Crippen LogP contribution < -0.4 is 5.46 Å². The van der Waals surface area contributed by atoms with Crippen molar-refractivity contribution in [1.29, 1.82) is 0 Å². The molecule has 0 spiro atoms. The van der Waals surface area contributed by atoms with Gasteiger partial charge in [-0.05, 0) is 118 Å². The van der Waals surface area contributed by atoms with Gasteiger partial charge in [-0.1, -0.05) is 264 Å². The summed E-state index contributed by atoms with van der Waals surface area (Å²) < 4.78 is 0. The van der Waals surface area contributed by atoms with Crippen molar-refractivity contribution in [1.82, 2.24) is 29.9 Å². The first kappa shape index (κ1) is 64.5. The number of rotatable bonds is 8. The Balaban J connectivity index is 0.000000142. The SMILES string of the molecule is CC1(C)c2cc(-c3cc(-c4ccc(-c5cccnc5)cc4)nc(-c4ccccc4)n3)ccc2-c2c1ccc1ccccc21.CC1(C)c2cc(B(O)O)ccc2-c2c1ccc1ccccc21.Clc1cc(-c2ccc(-c3cccnc3)cc2)nc(-c2ccccc2)n1.PP.[Y]. The number of halogens is 1. The minimum absolute atomic E-state index is 0. The first-order valence-electron chi connectivity index (χ1n) is 30.5. The summed E-state index contributed by atoms with van der Waals surface area (Å²) in [4.78, 5) is 27.6. The van der Waals surface area contributed by atoms with Gasteiger partial charge in [0.25, 0.3) is 0 Å². The predicted octanol–water partition coefficient (Wildman–Crippen LogP) is 19.0. The Morgan fingerprint density at radius 3 is 1.23 bits per heavy atom. The summed E-state index contributed by atoms with van der Waals surface area (Å²) in [5, 5.41) is 24.4. The van der Waals surface area contributed by atoms with E-state index in [1.807, 2.05) is 103 Å². The van der Waals surface area contributed by atoms with Gasteiger partial charge < -0.3 is 10.0 Å². The van der Waals surface area contributed by atoms with Crippen LogP contribution in [0.1, 0.15) is 49.9 Å². The Hall–Kier alpha value is -8.58. The Bertz CT molecular complexity index is 4990. The second-order valence-electron chi connectivity index (χ2n) is 23.8. The maximum atomic E-state index is 9.47. The topological polar surface area (TPSA) is 118 Å². The molecule has 2 aliphatic carbocycles. The van der Waals surface area contributed by atoms with Gasteiger partial charge in [-0.25, -0.2) is 19.9 Å². The number of pyridine rings is 2. The summed E-state index contributed by atoms with van der Waals surface area (Å²) >= 11 is 6.22. The zero-order valence-electron chi connectivity index (χ0n) is 51.8. The normalized spacial score (nSPS) is 12.4. The molecule has 2 aliphatic rings. The molecular weight excluding hydrogens is 1270 g/mol. The number of aromatic nitrogens is 6. The number of fused-ring (bicyclic) bond motifs is 10. The van der Waals surface area contributed by atoms with E-state index in [0.29, 0.717) is 16.4 Å². The van der Waals surface area contributed by atoms with Crippen LogP contribution in [0.15, 0.2) is 280 Å². The van der Waals surface area contributed by atoms with Crippen molar-refractivity contribution in [3.63, 3.8) is 0 Å². The largest absolute Gasteiger partial charge is 0.488 e. The van der Waals surface area contributed by atoms with E-state index in [9.17, 15) is 10.0 Å². The minimum atomic E-state index is -1.43. The molecule has 2 unspecified atom stereocenters. The molecule has 1 radical (unpaired) electrons. The maximum Gasteiger partial charge on any atom is 0.488 e. The van der Waals surface area contributed by atoms with Crippen LogP contribution in [-0.2, 0) is 43.5 Å². The van der Waals surface area contributed by atoms with E-state index in [0.717, 1.165) is 78.5 Å². The van der Waals surface area contributed by atoms with Gasteiger partial charge in [-0.3, -0.25) is 9.97 Å². The fourth-order valence-electron chi connectivity index (χ4n) is 12.8. The second-order valence-corrected chi connectivity index (χ2v) is 24.2. The zero-order valence-corrected chi connectivity index (χ0v) is 57.7. The molecule has 93 heavy (non-hydrogen) atoms. The van der Waals surface area contributed by atoms with E-state index in [4.69, 9.17) is 21.6 Å². The van der Waals surface area contributed by atoms with Crippen LogP contribution in [0.4, 0.5) is 0 Å². The van der Waals surface area contributed by atoms with E-state index in [-0.39, 0.29) is 43.5 Å². The van der Waals surface area contributed by atoms with Gasteiger partial charge >= 0.3 is 7.12 Å². The van der Waals surface area contributed by atoms with Gasteiger partial charge in [0.1, 0.15) is 5.15 Å². The van der Waals surface area contributed by atoms with Crippen LogP contribution in [0, 0.1) is 0 Å². The Morgan fingerprint density at radius 2 is 0.753 bits per heavy atom. The third-order valence-electron chi connectivity index (χ3n) is 17.6. The molecule has 10 aromatic carbocycles. The van der Waals surface area contributed by atoms with E-state index >= 15 is 0 Å². The van der Waals surface area contributed by atoms with E-state index < -0.39 is 7.12 Å². The molecule has 0 saturated heterocycles. The van der Waals surface area contributed by atoms with Crippen LogP contribution in [0.3, 0.4) is 0 Å². The van der Waals surface area contributed by atoms with Gasteiger partial charge in [-0.2, -0.15) is 0 Å². The van der Waals surface area contributed by atoms with Crippen molar-refractivity contribution >= 4 is 63.6 Å². The van der Waals surface area contributed by atoms with E-state index in [1.54, 1.807) is 24.5 Å². The Labute approximate surface area is 578 Å². The Morgan fingerprint density at radius 1 is 0.355 bits per heavy atom. The predicted molar refractivity (Wildman–Crippen MR) is 389 cm³/mol. The molecule has 0 fully saturated rings. The fourth-order valence-corrected chi connectivity index (χ4v) is 13.0. The molecule has 4 heterocycles. The summed E-state index contributed by atoms with van der Waals surface area (Å²) in [5.41, 5.74) is 22.7. The molecule has 0 bridgehead atoms. The average molecular weight is 1340 g/mol. The summed E-state index contributed by atoms with van der Waals surface area (Å²) in [5.74, 6) is 1.35. The molecule has 4 aromatic heterocycles. The quantitative estimate of drug-likeness (QED) is 0.0878. The third kappa shape index (κ3) is 13.1. The van der Waals surface area contributed by atoms with Crippen LogP contribution in [-0.4, -0.2) is 47.1 Å². The van der Waals surface area contributed by atoms with Gasteiger partial charge in [0, 0.05) is 102 Å². The standard InChI is InChI=1S/C40H29N3.C21H14ClN3.C19H17BO2.H4P2.Y/c1-40(2)34-21-19-27-9-6-7-13-32(27)38(34)33-20-18-30(23-35(33)40)37-24-36(42-39(43-37)29-10-4-3-5-11-29)28-16-14-26(15-17-28)31-12-8-22-41-25-31;22-20-13-19(24-21(25-20)17-5-2-1-3-6-17)16-10-8-15(9-11-16)18-7-4-12-23-14-18;1-19(2)16-10-7-12-5-3-4-6-14(12)18(16)15-9-8-13(20(21)22)11-17(15)19;1-2;/h3-25H,1-2H3;1-14H;3-11,21-22H,1-2H3;1-2H2;. The van der Waals surface area contributed by atoms with E-state index in [1.165, 1.54) is 60.5 Å². The van der Waals surface area contributed by atoms with Crippen molar-refractivity contribution in [2.24, 2.45) is 0 Å². The number of benzene rings is 10. The van der Waals surface area contributed by atoms with Crippen molar-refractivity contribution in [2.45, 2.75) is 38.5 Å². The van der Waals surface area contributed by atoms with Gasteiger partial charge in [0.05, 0.1) is 17.1 Å². The summed E-state index contributed by atoms with van der Waals surface area (Å²) in [7, 11) is 3.24. The smallest absolute Gasteiger partial charge is 0.423 e. The molecule has 2 N–H and O–H groups in total. The molecule has 449 valence electrons. The monoisotopic (exact) mass is 1340 g/mol. The molecular formula is C80H64BClN6O2P2Y. The molecule has 13 heteroatoms. The van der Waals surface area contributed by atoms with Crippen molar-refractivity contribution in [3.8, 4) is 101 Å². The maximum absolute atomic E-state index is 9.47. The van der Waals surface area contributed by atoms with Crippen LogP contribution in [0.25, 0.3) is 123 Å². The van der Waals surface area contributed by atoms with Crippen LogP contribution >= 0.6 is 29.5 Å². The average Bonchev–Trinajstić information content (AvgIpc) is 1.58. The fraction of sp³-hybridized carbons (Fsp3) is 0.0750. The van der Waals surface area contributed by atoms with Crippen molar-refractivity contribution < 1.29 is 42.8 Å². The first-order chi connectivity index (χ1) is 44.8. The number of nitrogens with zero attached hydrogens (tertiary/aromatic N) is 6. The summed E-state index contributed by atoms with van der Waals surface area (Å²) in [6.45, 7) is 9.06. The summed E-state index contributed by atoms with van der Waals surface area (Å²) in [6.07, 6.45) is 7.31. The van der Waals surface area contributed by atoms with Gasteiger partial charge in [0.15, 0.2) is 11.6 Å².